The smallest absolute Gasteiger partial charge is 0.267 e. The summed E-state index contributed by atoms with van der Waals surface area (Å²) in [6.07, 6.45) is -2.34. The number of carbonyl (C=O) groups excluding carboxylic acids is 2. The average molecular weight is 415 g/mol. The number of rotatable bonds is 6. The van der Waals surface area contributed by atoms with Crippen LogP contribution in [-0.2, 0) is 21.4 Å². The molecule has 0 aliphatic rings. The van der Waals surface area contributed by atoms with Crippen LogP contribution in [0, 0.1) is 5.82 Å². The minimum atomic E-state index is -3.67. The summed E-state index contributed by atoms with van der Waals surface area (Å²) in [5.74, 6) is -3.89. The molecule has 2 aromatic rings. The summed E-state index contributed by atoms with van der Waals surface area (Å²) in [7, 11) is -3.67. The summed E-state index contributed by atoms with van der Waals surface area (Å²) >= 11 is 0. The van der Waals surface area contributed by atoms with E-state index in [1.165, 1.54) is 11.5 Å². The summed E-state index contributed by atoms with van der Waals surface area (Å²) in [6, 6.07) is 11.5. The Morgan fingerprint density at radius 1 is 1.07 bits per heavy atom. The van der Waals surface area contributed by atoms with E-state index < -0.39 is 39.6 Å². The molecule has 0 saturated carbocycles. The van der Waals surface area contributed by atoms with E-state index in [1.807, 2.05) is 0 Å². The Labute approximate surface area is 159 Å². The first kappa shape index (κ1) is 21.2. The molecular formula is C17H16F3N3O4S. The molecule has 0 atom stereocenters. The fraction of sp³-hybridized carbons (Fsp3) is 0.176. The molecular weight excluding hydrogens is 399 g/mol. The molecule has 2 N–H and O–H groups in total. The second kappa shape index (κ2) is 8.74. The summed E-state index contributed by atoms with van der Waals surface area (Å²) in [5, 5.41) is 0. The molecule has 2 rings (SSSR count). The van der Waals surface area contributed by atoms with Gasteiger partial charge in [-0.2, -0.15) is 8.78 Å². The quantitative estimate of drug-likeness (QED) is 0.704. The molecule has 0 unspecified atom stereocenters. The zero-order valence-corrected chi connectivity index (χ0v) is 15.3. The van der Waals surface area contributed by atoms with Gasteiger partial charge in [0.2, 0.25) is 10.0 Å². The third kappa shape index (κ3) is 5.46. The molecule has 0 bridgehead atoms. The lowest BCUT2D eigenvalue weighted by molar-refractivity contribution is -0.132. The predicted octanol–water partition coefficient (Wildman–Crippen LogP) is 1.82. The minimum Gasteiger partial charge on any atom is -0.267 e. The van der Waals surface area contributed by atoms with Gasteiger partial charge in [0.15, 0.2) is 0 Å². The maximum Gasteiger partial charge on any atom is 0.317 e. The van der Waals surface area contributed by atoms with E-state index >= 15 is 0 Å². The molecule has 11 heteroatoms. The molecule has 0 fully saturated rings. The van der Waals surface area contributed by atoms with Crippen molar-refractivity contribution in [3.05, 3.63) is 65.5 Å². The van der Waals surface area contributed by atoms with Crippen LogP contribution in [0.15, 0.2) is 48.5 Å². The number of sulfonamides is 1. The van der Waals surface area contributed by atoms with Gasteiger partial charge >= 0.3 is 12.3 Å². The Hall–Kier alpha value is -3.08. The molecule has 0 spiro atoms. The molecule has 28 heavy (non-hydrogen) atoms. The number of alkyl halides is 2. The number of benzene rings is 2. The first-order chi connectivity index (χ1) is 13.1. The molecule has 2 amide bonds. The summed E-state index contributed by atoms with van der Waals surface area (Å²) in [5.41, 5.74) is 3.24. The van der Waals surface area contributed by atoms with Crippen LogP contribution in [-0.4, -0.2) is 32.9 Å². The minimum absolute atomic E-state index is 0.191. The third-order valence-corrected chi connectivity index (χ3v) is 4.69. The van der Waals surface area contributed by atoms with Crippen molar-refractivity contribution in [2.45, 2.75) is 13.0 Å². The molecule has 0 heterocycles. The first-order valence-corrected chi connectivity index (χ1v) is 9.64. The number of hydrogen-bond acceptors (Lipinski definition) is 4. The second-order valence-electron chi connectivity index (χ2n) is 5.66. The van der Waals surface area contributed by atoms with Crippen molar-refractivity contribution in [2.75, 3.05) is 10.6 Å². The Bertz CT molecular complexity index is 969. The third-order valence-electron chi connectivity index (χ3n) is 3.55. The number of halogens is 3. The highest BCUT2D eigenvalue weighted by atomic mass is 32.2. The lowest BCUT2D eigenvalue weighted by Gasteiger charge is -2.22. The summed E-state index contributed by atoms with van der Waals surface area (Å²) < 4.78 is 63.6. The average Bonchev–Trinajstić information content (AvgIpc) is 2.63. The van der Waals surface area contributed by atoms with Gasteiger partial charge in [0.1, 0.15) is 5.82 Å². The van der Waals surface area contributed by atoms with Crippen molar-refractivity contribution in [1.29, 1.82) is 0 Å². The van der Waals surface area contributed by atoms with Crippen molar-refractivity contribution in [1.82, 2.24) is 10.9 Å². The predicted molar refractivity (Wildman–Crippen MR) is 95.5 cm³/mol. The SMILES string of the molecule is CS(=O)(=O)N(Cc1ccc(C(=O)NNC(=O)C(F)F)c(F)c1)c1ccccc1. The maximum atomic E-state index is 14.2. The molecule has 0 radical (unpaired) electrons. The Morgan fingerprint density at radius 2 is 1.71 bits per heavy atom. The van der Waals surface area contributed by atoms with E-state index in [-0.39, 0.29) is 12.1 Å². The van der Waals surface area contributed by atoms with E-state index in [1.54, 1.807) is 35.8 Å². The van der Waals surface area contributed by atoms with Gasteiger partial charge in [-0.3, -0.25) is 24.7 Å². The van der Waals surface area contributed by atoms with Gasteiger partial charge in [0.25, 0.3) is 5.91 Å². The van der Waals surface area contributed by atoms with Gasteiger partial charge in [0.05, 0.1) is 24.1 Å². The van der Waals surface area contributed by atoms with Crippen LogP contribution in [0.1, 0.15) is 15.9 Å². The van der Waals surface area contributed by atoms with Gasteiger partial charge in [-0.05, 0) is 29.8 Å². The van der Waals surface area contributed by atoms with Crippen LogP contribution in [0.25, 0.3) is 0 Å². The van der Waals surface area contributed by atoms with Gasteiger partial charge < -0.3 is 0 Å². The van der Waals surface area contributed by atoms with Crippen molar-refractivity contribution in [3.63, 3.8) is 0 Å². The topological polar surface area (TPSA) is 95.6 Å². The van der Waals surface area contributed by atoms with E-state index in [9.17, 15) is 31.2 Å². The Morgan fingerprint density at radius 3 is 2.25 bits per heavy atom. The molecule has 0 aliphatic heterocycles. The zero-order valence-electron chi connectivity index (χ0n) is 14.5. The summed E-state index contributed by atoms with van der Waals surface area (Å²) in [6.45, 7) is -0.191. The lowest BCUT2D eigenvalue weighted by atomic mass is 10.1. The van der Waals surface area contributed by atoms with Crippen LogP contribution < -0.4 is 15.2 Å². The van der Waals surface area contributed by atoms with Crippen molar-refractivity contribution < 1.29 is 31.2 Å². The van der Waals surface area contributed by atoms with E-state index in [4.69, 9.17) is 0 Å². The molecule has 150 valence electrons. The molecule has 2 aromatic carbocycles. The number of nitrogens with one attached hydrogen (secondary N) is 2. The highest BCUT2D eigenvalue weighted by Crippen LogP contribution is 2.21. The van der Waals surface area contributed by atoms with Crippen LogP contribution in [0.3, 0.4) is 0 Å². The van der Waals surface area contributed by atoms with E-state index in [0.717, 1.165) is 22.7 Å². The normalized spacial score (nSPS) is 11.2. The van der Waals surface area contributed by atoms with Gasteiger partial charge in [-0.1, -0.05) is 24.3 Å². The molecule has 0 saturated heterocycles. The maximum absolute atomic E-state index is 14.2. The zero-order chi connectivity index (χ0) is 20.9. The lowest BCUT2D eigenvalue weighted by Crippen LogP contribution is -2.44. The van der Waals surface area contributed by atoms with Crippen molar-refractivity contribution in [2.24, 2.45) is 0 Å². The van der Waals surface area contributed by atoms with Crippen LogP contribution in [0.2, 0.25) is 0 Å². The second-order valence-corrected chi connectivity index (χ2v) is 7.57. The molecule has 0 aliphatic carbocycles. The highest BCUT2D eigenvalue weighted by Gasteiger charge is 2.20. The van der Waals surface area contributed by atoms with Gasteiger partial charge in [0, 0.05) is 0 Å². The van der Waals surface area contributed by atoms with Gasteiger partial charge in [-0.15, -0.1) is 0 Å². The fourth-order valence-electron chi connectivity index (χ4n) is 2.24. The Kier molecular flexibility index (Phi) is 6.62. The number of hydrogen-bond donors (Lipinski definition) is 2. The number of hydrazine groups is 1. The first-order valence-electron chi connectivity index (χ1n) is 7.79. The number of amides is 2. The fourth-order valence-corrected chi connectivity index (χ4v) is 3.13. The molecule has 7 nitrogen and oxygen atoms in total. The number of nitrogens with zero attached hydrogens (tertiary/aromatic N) is 1. The number of para-hydroxylation sites is 1. The monoisotopic (exact) mass is 415 g/mol. The Balaban J connectivity index is 2.19. The van der Waals surface area contributed by atoms with Crippen molar-refractivity contribution >= 4 is 27.5 Å². The summed E-state index contributed by atoms with van der Waals surface area (Å²) in [4.78, 5) is 22.5. The largest absolute Gasteiger partial charge is 0.317 e. The van der Waals surface area contributed by atoms with E-state index in [2.05, 4.69) is 0 Å². The van der Waals surface area contributed by atoms with Crippen LogP contribution in [0.5, 0.6) is 0 Å². The highest BCUT2D eigenvalue weighted by molar-refractivity contribution is 7.92. The molecule has 0 aromatic heterocycles. The van der Waals surface area contributed by atoms with Crippen LogP contribution in [0.4, 0.5) is 18.9 Å². The number of carbonyl (C=O) groups is 2. The van der Waals surface area contributed by atoms with E-state index in [0.29, 0.717) is 5.69 Å². The van der Waals surface area contributed by atoms with Crippen LogP contribution >= 0.6 is 0 Å². The standard InChI is InChI=1S/C17H16F3N3O4S/c1-28(26,27)23(12-5-3-2-4-6-12)10-11-7-8-13(14(18)9-11)16(24)21-22-17(25)15(19)20/h2-9,15H,10H2,1H3,(H,21,24)(H,22,25). The van der Waals surface area contributed by atoms with Gasteiger partial charge in [-0.25, -0.2) is 12.8 Å². The number of anilines is 1. The van der Waals surface area contributed by atoms with Crippen molar-refractivity contribution in [3.8, 4) is 0 Å².